The topological polar surface area (TPSA) is 12.0 Å². The van der Waals surface area contributed by atoms with E-state index in [9.17, 15) is 0 Å². The summed E-state index contributed by atoms with van der Waals surface area (Å²) in [6, 6.07) is 9.67. The third kappa shape index (κ3) is 2.30. The van der Waals surface area contributed by atoms with Gasteiger partial charge in [-0.2, -0.15) is 0 Å². The lowest BCUT2D eigenvalue weighted by atomic mass is 9.54. The molecule has 0 aliphatic heterocycles. The first-order valence-corrected chi connectivity index (χ1v) is 8.57. The minimum absolute atomic E-state index is 0.840. The molecular formula is C19H27N. The predicted octanol–water partition coefficient (Wildman–Crippen LogP) is 3.95. The van der Waals surface area contributed by atoms with E-state index in [1.54, 1.807) is 6.42 Å². The Labute approximate surface area is 123 Å². The van der Waals surface area contributed by atoms with Crippen LogP contribution in [0.25, 0.3) is 0 Å². The van der Waals surface area contributed by atoms with Crippen molar-refractivity contribution in [1.82, 2.24) is 5.32 Å². The molecule has 1 aromatic carbocycles. The number of rotatable bonds is 4. The van der Waals surface area contributed by atoms with E-state index in [-0.39, 0.29) is 0 Å². The lowest BCUT2D eigenvalue weighted by Crippen LogP contribution is -2.54. The first-order chi connectivity index (χ1) is 9.79. The smallest absolute Gasteiger partial charge is 0.0124 e. The second-order valence-electron chi connectivity index (χ2n) is 7.59. The minimum atomic E-state index is 0.840. The molecule has 0 saturated heterocycles. The molecule has 0 atom stereocenters. The zero-order valence-corrected chi connectivity index (χ0v) is 12.6. The van der Waals surface area contributed by atoms with Gasteiger partial charge in [-0.1, -0.05) is 24.3 Å². The molecule has 0 unspecified atom stereocenters. The SMILES string of the molecule is Cc1ccccc1CCNC1C2CC3CC(C2)CC1C3. The van der Waals surface area contributed by atoms with Crippen LogP contribution in [0.15, 0.2) is 24.3 Å². The summed E-state index contributed by atoms with van der Waals surface area (Å²) in [6.45, 7) is 3.40. The molecule has 4 bridgehead atoms. The maximum absolute atomic E-state index is 3.94. The van der Waals surface area contributed by atoms with Crippen molar-refractivity contribution in [3.63, 3.8) is 0 Å². The molecule has 4 saturated carbocycles. The van der Waals surface area contributed by atoms with E-state index < -0.39 is 0 Å². The highest BCUT2D eigenvalue weighted by Gasteiger charge is 2.47. The second kappa shape index (κ2) is 5.18. The van der Waals surface area contributed by atoms with Crippen LogP contribution < -0.4 is 5.32 Å². The fourth-order valence-corrected chi connectivity index (χ4v) is 5.52. The molecule has 0 aromatic heterocycles. The Bertz CT molecular complexity index is 450. The van der Waals surface area contributed by atoms with Crippen LogP contribution in [0.5, 0.6) is 0 Å². The summed E-state index contributed by atoms with van der Waals surface area (Å²) in [5.41, 5.74) is 2.96. The minimum Gasteiger partial charge on any atom is -0.313 e. The Morgan fingerprint density at radius 3 is 2.25 bits per heavy atom. The van der Waals surface area contributed by atoms with E-state index >= 15 is 0 Å². The average molecular weight is 269 g/mol. The van der Waals surface area contributed by atoms with Gasteiger partial charge in [0.1, 0.15) is 0 Å². The summed E-state index contributed by atoms with van der Waals surface area (Å²) in [5.74, 6) is 4.19. The van der Waals surface area contributed by atoms with Crippen LogP contribution in [0.2, 0.25) is 0 Å². The normalized spacial score (nSPS) is 38.4. The van der Waals surface area contributed by atoms with E-state index in [2.05, 4.69) is 36.5 Å². The quantitative estimate of drug-likeness (QED) is 0.872. The third-order valence-electron chi connectivity index (χ3n) is 6.26. The van der Waals surface area contributed by atoms with Crippen LogP contribution in [0, 0.1) is 30.6 Å². The molecule has 5 rings (SSSR count). The molecule has 1 heteroatoms. The van der Waals surface area contributed by atoms with E-state index in [1.807, 2.05) is 0 Å². The Morgan fingerprint density at radius 1 is 0.950 bits per heavy atom. The second-order valence-corrected chi connectivity index (χ2v) is 7.59. The molecule has 0 radical (unpaired) electrons. The van der Waals surface area contributed by atoms with Crippen LogP contribution in [0.3, 0.4) is 0 Å². The molecule has 1 nitrogen and oxygen atoms in total. The van der Waals surface area contributed by atoms with Crippen molar-refractivity contribution in [1.29, 1.82) is 0 Å². The first kappa shape index (κ1) is 12.9. The summed E-state index contributed by atoms with van der Waals surface area (Å²) >= 11 is 0. The average Bonchev–Trinajstić information content (AvgIpc) is 2.43. The third-order valence-corrected chi connectivity index (χ3v) is 6.26. The summed E-state index contributed by atoms with van der Waals surface area (Å²) in [7, 11) is 0. The van der Waals surface area contributed by atoms with E-state index in [0.717, 1.165) is 36.3 Å². The zero-order chi connectivity index (χ0) is 13.5. The largest absolute Gasteiger partial charge is 0.313 e. The van der Waals surface area contributed by atoms with Gasteiger partial charge in [-0.3, -0.25) is 0 Å². The first-order valence-electron chi connectivity index (χ1n) is 8.57. The van der Waals surface area contributed by atoms with Crippen LogP contribution >= 0.6 is 0 Å². The highest BCUT2D eigenvalue weighted by molar-refractivity contribution is 5.25. The molecule has 4 aliphatic rings. The maximum Gasteiger partial charge on any atom is 0.0124 e. The molecule has 4 aliphatic carbocycles. The molecule has 1 N–H and O–H groups in total. The van der Waals surface area contributed by atoms with Crippen molar-refractivity contribution in [2.45, 2.75) is 51.5 Å². The summed E-state index contributed by atoms with van der Waals surface area (Å²) < 4.78 is 0. The van der Waals surface area contributed by atoms with Crippen LogP contribution in [-0.2, 0) is 6.42 Å². The molecule has 20 heavy (non-hydrogen) atoms. The van der Waals surface area contributed by atoms with E-state index in [0.29, 0.717) is 0 Å². The van der Waals surface area contributed by atoms with Gasteiger partial charge in [0.25, 0.3) is 0 Å². The predicted molar refractivity (Wildman–Crippen MR) is 83.7 cm³/mol. The highest BCUT2D eigenvalue weighted by Crippen LogP contribution is 2.53. The fourth-order valence-electron chi connectivity index (χ4n) is 5.52. The van der Waals surface area contributed by atoms with Gasteiger partial charge in [-0.15, -0.1) is 0 Å². The molecule has 1 aromatic rings. The van der Waals surface area contributed by atoms with Gasteiger partial charge in [0.2, 0.25) is 0 Å². The summed E-state index contributed by atoms with van der Waals surface area (Å²) in [6.07, 6.45) is 8.84. The van der Waals surface area contributed by atoms with Crippen LogP contribution in [0.1, 0.15) is 43.2 Å². The Balaban J connectivity index is 1.35. The van der Waals surface area contributed by atoms with Gasteiger partial charge in [-0.05, 0) is 86.8 Å². The molecular weight excluding hydrogens is 242 g/mol. The van der Waals surface area contributed by atoms with E-state index in [1.165, 1.54) is 43.2 Å². The number of aryl methyl sites for hydroxylation is 1. The van der Waals surface area contributed by atoms with Crippen molar-refractivity contribution in [3.8, 4) is 0 Å². The standard InChI is InChI=1S/C19H27N/c1-13-4-2-3-5-16(13)6-7-20-19-17-9-14-8-15(11-17)12-18(19)10-14/h2-5,14-15,17-20H,6-12H2,1H3. The van der Waals surface area contributed by atoms with Crippen LogP contribution in [-0.4, -0.2) is 12.6 Å². The van der Waals surface area contributed by atoms with Crippen molar-refractivity contribution in [3.05, 3.63) is 35.4 Å². The number of benzene rings is 1. The highest BCUT2D eigenvalue weighted by atomic mass is 14.9. The number of nitrogens with one attached hydrogen (secondary N) is 1. The lowest BCUT2D eigenvalue weighted by Gasteiger charge is -2.54. The van der Waals surface area contributed by atoms with Gasteiger partial charge in [0.05, 0.1) is 0 Å². The lowest BCUT2D eigenvalue weighted by molar-refractivity contribution is -0.0133. The molecule has 4 fully saturated rings. The summed E-state index contributed by atoms with van der Waals surface area (Å²) in [4.78, 5) is 0. The number of hydrogen-bond acceptors (Lipinski definition) is 1. The van der Waals surface area contributed by atoms with Gasteiger partial charge in [0, 0.05) is 6.04 Å². The maximum atomic E-state index is 3.94. The van der Waals surface area contributed by atoms with Crippen molar-refractivity contribution in [2.24, 2.45) is 23.7 Å². The van der Waals surface area contributed by atoms with Crippen molar-refractivity contribution >= 4 is 0 Å². The van der Waals surface area contributed by atoms with Gasteiger partial charge in [0.15, 0.2) is 0 Å². The molecule has 108 valence electrons. The Morgan fingerprint density at radius 2 is 1.60 bits per heavy atom. The Kier molecular flexibility index (Phi) is 3.34. The Hall–Kier alpha value is -0.820. The molecule has 0 amide bonds. The van der Waals surface area contributed by atoms with Crippen molar-refractivity contribution in [2.75, 3.05) is 6.54 Å². The molecule has 0 heterocycles. The van der Waals surface area contributed by atoms with Gasteiger partial charge >= 0.3 is 0 Å². The molecule has 0 spiro atoms. The van der Waals surface area contributed by atoms with E-state index in [4.69, 9.17) is 0 Å². The van der Waals surface area contributed by atoms with Crippen molar-refractivity contribution < 1.29 is 0 Å². The zero-order valence-electron chi connectivity index (χ0n) is 12.6. The van der Waals surface area contributed by atoms with Gasteiger partial charge in [-0.25, -0.2) is 0 Å². The fraction of sp³-hybridized carbons (Fsp3) is 0.684. The van der Waals surface area contributed by atoms with Gasteiger partial charge < -0.3 is 5.32 Å². The van der Waals surface area contributed by atoms with Crippen LogP contribution in [0.4, 0.5) is 0 Å². The number of hydrogen-bond donors (Lipinski definition) is 1. The monoisotopic (exact) mass is 269 g/mol. The summed E-state index contributed by atoms with van der Waals surface area (Å²) in [5, 5.41) is 3.94.